The molecule has 8 aromatic rings. The standard InChI is InChI=1S/C45H28N4O2S/c1-3-12-27(13-4-1)43-46-44(28-14-5-2-6-15-28)48-45(47-43)31-16-11-21-40-41(31)32-24-29(22-23-39(32)52-40)30-25-37-42-38(26-30)51-36-20-10-8-18-34(36)49(42)33-17-7-9-19-35(33)50-37/h1-25,38H,26H2. The van der Waals surface area contributed by atoms with Crippen LogP contribution in [0.1, 0.15) is 12.0 Å². The number of nitrogens with zero attached hydrogens (tertiary/aromatic N) is 4. The summed E-state index contributed by atoms with van der Waals surface area (Å²) in [5.74, 6) is 4.48. The van der Waals surface area contributed by atoms with E-state index in [-0.39, 0.29) is 6.10 Å². The van der Waals surface area contributed by atoms with Crippen molar-refractivity contribution in [3.05, 3.63) is 169 Å². The van der Waals surface area contributed by atoms with Crippen LogP contribution < -0.4 is 14.4 Å². The van der Waals surface area contributed by atoms with Gasteiger partial charge < -0.3 is 14.4 Å². The van der Waals surface area contributed by atoms with Gasteiger partial charge in [0.15, 0.2) is 29.0 Å². The van der Waals surface area contributed by atoms with Crippen molar-refractivity contribution >= 4 is 48.5 Å². The van der Waals surface area contributed by atoms with E-state index in [1.807, 2.05) is 78.9 Å². The zero-order valence-corrected chi connectivity index (χ0v) is 28.5. The van der Waals surface area contributed by atoms with Crippen molar-refractivity contribution < 1.29 is 9.47 Å². The van der Waals surface area contributed by atoms with Gasteiger partial charge >= 0.3 is 0 Å². The van der Waals surface area contributed by atoms with Crippen LogP contribution in [0.5, 0.6) is 11.5 Å². The van der Waals surface area contributed by atoms with Crippen molar-refractivity contribution in [3.8, 4) is 45.7 Å². The molecule has 1 aliphatic carbocycles. The van der Waals surface area contributed by atoms with E-state index in [9.17, 15) is 0 Å². The molecule has 1 unspecified atom stereocenters. The molecule has 7 heteroatoms. The third-order valence-corrected chi connectivity index (χ3v) is 11.2. The molecule has 11 rings (SSSR count). The molecular weight excluding hydrogens is 661 g/mol. The van der Waals surface area contributed by atoms with Crippen molar-refractivity contribution in [2.75, 3.05) is 4.90 Å². The average molecular weight is 689 g/mol. The maximum absolute atomic E-state index is 6.71. The minimum atomic E-state index is -0.193. The molecule has 3 aliphatic rings. The topological polar surface area (TPSA) is 60.4 Å². The summed E-state index contributed by atoms with van der Waals surface area (Å²) in [6.45, 7) is 0. The van der Waals surface area contributed by atoms with Gasteiger partial charge in [0.05, 0.1) is 11.4 Å². The number of allylic oxidation sites excluding steroid dienone is 1. The van der Waals surface area contributed by atoms with Gasteiger partial charge in [0.25, 0.3) is 0 Å². The van der Waals surface area contributed by atoms with Gasteiger partial charge in [-0.1, -0.05) is 103 Å². The summed E-state index contributed by atoms with van der Waals surface area (Å²) in [4.78, 5) is 17.4. The van der Waals surface area contributed by atoms with E-state index in [4.69, 9.17) is 24.4 Å². The lowest BCUT2D eigenvalue weighted by molar-refractivity contribution is 0.218. The highest BCUT2D eigenvalue weighted by Gasteiger charge is 2.41. The van der Waals surface area contributed by atoms with Crippen LogP contribution >= 0.6 is 11.3 Å². The minimum absolute atomic E-state index is 0.193. The number of fused-ring (bicyclic) bond motifs is 7. The Bertz CT molecular complexity index is 2730. The lowest BCUT2D eigenvalue weighted by atomic mass is 9.89. The van der Waals surface area contributed by atoms with E-state index >= 15 is 0 Å². The van der Waals surface area contributed by atoms with E-state index in [0.29, 0.717) is 23.9 Å². The molecule has 2 aromatic heterocycles. The molecule has 4 heterocycles. The van der Waals surface area contributed by atoms with Crippen LogP contribution in [0, 0.1) is 0 Å². The van der Waals surface area contributed by atoms with Crippen LogP contribution in [-0.2, 0) is 0 Å². The molecule has 0 saturated carbocycles. The van der Waals surface area contributed by atoms with E-state index in [1.165, 1.54) is 20.4 Å². The fourth-order valence-electron chi connectivity index (χ4n) is 7.65. The van der Waals surface area contributed by atoms with E-state index in [2.05, 4.69) is 77.7 Å². The van der Waals surface area contributed by atoms with Gasteiger partial charge in [-0.25, -0.2) is 15.0 Å². The number of anilines is 2. The van der Waals surface area contributed by atoms with Crippen molar-refractivity contribution in [1.29, 1.82) is 0 Å². The first-order valence-electron chi connectivity index (χ1n) is 17.4. The van der Waals surface area contributed by atoms with E-state index in [0.717, 1.165) is 62.0 Å². The molecule has 0 saturated heterocycles. The molecule has 0 amide bonds. The maximum atomic E-state index is 6.71. The predicted octanol–water partition coefficient (Wildman–Crippen LogP) is 11.2. The summed E-state index contributed by atoms with van der Waals surface area (Å²) in [7, 11) is 0. The third-order valence-electron chi connectivity index (χ3n) is 10.0. The Balaban J connectivity index is 1.07. The Morgan fingerprint density at radius 2 is 1.23 bits per heavy atom. The second kappa shape index (κ2) is 11.5. The molecular formula is C45H28N4O2S. The molecule has 0 fully saturated rings. The molecule has 52 heavy (non-hydrogen) atoms. The number of rotatable bonds is 4. The number of para-hydroxylation sites is 4. The van der Waals surface area contributed by atoms with Crippen molar-refractivity contribution in [2.24, 2.45) is 0 Å². The lowest BCUT2D eigenvalue weighted by Crippen LogP contribution is -2.40. The third kappa shape index (κ3) is 4.60. The van der Waals surface area contributed by atoms with Gasteiger partial charge in [-0.3, -0.25) is 0 Å². The lowest BCUT2D eigenvalue weighted by Gasteiger charge is -2.44. The van der Waals surface area contributed by atoms with Crippen molar-refractivity contribution in [3.63, 3.8) is 0 Å². The van der Waals surface area contributed by atoms with Crippen molar-refractivity contribution in [2.45, 2.75) is 12.5 Å². The molecule has 2 aliphatic heterocycles. The molecule has 0 N–H and O–H groups in total. The number of benzene rings is 6. The van der Waals surface area contributed by atoms with Crippen LogP contribution in [0.3, 0.4) is 0 Å². The quantitative estimate of drug-likeness (QED) is 0.183. The number of ether oxygens (including phenoxy) is 2. The summed E-state index contributed by atoms with van der Waals surface area (Å²) >= 11 is 1.79. The van der Waals surface area contributed by atoms with Crippen LogP contribution in [0.15, 0.2) is 163 Å². The minimum Gasteiger partial charge on any atom is -0.481 e. The zero-order chi connectivity index (χ0) is 34.2. The van der Waals surface area contributed by atoms with Crippen LogP contribution in [0.4, 0.5) is 11.4 Å². The first kappa shape index (κ1) is 29.2. The summed E-state index contributed by atoms with van der Waals surface area (Å²) in [5.41, 5.74) is 8.28. The number of aromatic nitrogens is 3. The van der Waals surface area contributed by atoms with E-state index in [1.54, 1.807) is 11.3 Å². The van der Waals surface area contributed by atoms with Gasteiger partial charge in [0.1, 0.15) is 17.6 Å². The summed E-state index contributed by atoms with van der Waals surface area (Å²) in [6.07, 6.45) is 2.72. The summed E-state index contributed by atoms with van der Waals surface area (Å²) < 4.78 is 15.7. The van der Waals surface area contributed by atoms with Crippen LogP contribution in [0.2, 0.25) is 0 Å². The van der Waals surface area contributed by atoms with Gasteiger partial charge in [0, 0.05) is 43.3 Å². The second-order valence-electron chi connectivity index (χ2n) is 13.1. The smallest absolute Gasteiger partial charge is 0.164 e. The Labute approximate surface area is 303 Å². The van der Waals surface area contributed by atoms with Gasteiger partial charge in [0.2, 0.25) is 0 Å². The highest BCUT2D eigenvalue weighted by atomic mass is 32.1. The first-order valence-corrected chi connectivity index (χ1v) is 18.2. The fourth-order valence-corrected chi connectivity index (χ4v) is 8.77. The molecule has 1 atom stereocenters. The Morgan fingerprint density at radius 3 is 1.98 bits per heavy atom. The molecule has 246 valence electrons. The van der Waals surface area contributed by atoms with Crippen molar-refractivity contribution in [1.82, 2.24) is 15.0 Å². The maximum Gasteiger partial charge on any atom is 0.164 e. The monoisotopic (exact) mass is 688 g/mol. The van der Waals surface area contributed by atoms with Gasteiger partial charge in [-0.15, -0.1) is 11.3 Å². The normalized spacial score (nSPS) is 15.7. The highest BCUT2D eigenvalue weighted by molar-refractivity contribution is 7.25. The summed E-state index contributed by atoms with van der Waals surface area (Å²) in [5, 5.41) is 2.31. The second-order valence-corrected chi connectivity index (χ2v) is 14.2. The molecule has 0 radical (unpaired) electrons. The number of thiophene rings is 1. The Morgan fingerprint density at radius 1 is 0.577 bits per heavy atom. The number of hydrogen-bond donors (Lipinski definition) is 0. The molecule has 6 nitrogen and oxygen atoms in total. The Kier molecular flexibility index (Phi) is 6.45. The average Bonchev–Trinajstić information content (AvgIpc) is 3.59. The molecule has 0 bridgehead atoms. The number of hydrogen-bond acceptors (Lipinski definition) is 7. The zero-order valence-electron chi connectivity index (χ0n) is 27.7. The van der Waals surface area contributed by atoms with E-state index < -0.39 is 0 Å². The predicted molar refractivity (Wildman–Crippen MR) is 209 cm³/mol. The molecule has 6 aromatic carbocycles. The van der Waals surface area contributed by atoms with Crippen LogP contribution in [0.25, 0.3) is 59.9 Å². The van der Waals surface area contributed by atoms with Gasteiger partial charge in [-0.05, 0) is 59.7 Å². The van der Waals surface area contributed by atoms with Crippen LogP contribution in [-0.4, -0.2) is 21.1 Å². The largest absolute Gasteiger partial charge is 0.481 e. The molecule has 0 spiro atoms. The first-order chi connectivity index (χ1) is 25.7. The highest BCUT2D eigenvalue weighted by Crippen LogP contribution is 2.53. The van der Waals surface area contributed by atoms with Gasteiger partial charge in [-0.2, -0.15) is 0 Å². The Hall–Kier alpha value is -6.57. The SMILES string of the molecule is C1=C(c2ccc3sc4cccc(-c5nc(-c6ccccc6)nc(-c6ccccc6)n5)c4c3c2)CC2Oc3ccccc3N3C2=C1Oc1ccccc13. The fraction of sp³-hybridized carbons (Fsp3) is 0.0444. The summed E-state index contributed by atoms with van der Waals surface area (Å²) in [6, 6.07) is 49.9.